The van der Waals surface area contributed by atoms with Gasteiger partial charge in [0.2, 0.25) is 10.0 Å². The number of halogens is 1. The van der Waals surface area contributed by atoms with Crippen LogP contribution in [0.5, 0.6) is 0 Å². The van der Waals surface area contributed by atoms with Crippen molar-refractivity contribution in [1.29, 1.82) is 0 Å². The minimum atomic E-state index is -3.98. The fourth-order valence-corrected chi connectivity index (χ4v) is 8.25. The lowest BCUT2D eigenvalue weighted by Gasteiger charge is -2.43. The van der Waals surface area contributed by atoms with Crippen molar-refractivity contribution in [2.75, 3.05) is 5.75 Å². The second-order valence-electron chi connectivity index (χ2n) is 5.84. The Morgan fingerprint density at radius 3 is 1.27 bits per heavy atom. The van der Waals surface area contributed by atoms with Gasteiger partial charge >= 0.3 is 0 Å². The molecule has 1 atom stereocenters. The van der Waals surface area contributed by atoms with Gasteiger partial charge in [-0.1, -0.05) is 54.6 Å². The lowest BCUT2D eigenvalue weighted by atomic mass is 10.4. The maximum Gasteiger partial charge on any atom is 0.212 e. The van der Waals surface area contributed by atoms with Gasteiger partial charge in [0.05, 0.1) is 0 Å². The van der Waals surface area contributed by atoms with Crippen LogP contribution in [0.3, 0.4) is 0 Å². The van der Waals surface area contributed by atoms with E-state index in [1.54, 1.807) is 0 Å². The average Bonchev–Trinajstić information content (AvgIpc) is 2.64. The Balaban J connectivity index is 2.35. The molecule has 26 heavy (non-hydrogen) atoms. The van der Waals surface area contributed by atoms with Crippen LogP contribution in [0, 0.1) is 0 Å². The van der Waals surface area contributed by atoms with Crippen molar-refractivity contribution in [1.82, 2.24) is 0 Å². The van der Waals surface area contributed by atoms with Crippen molar-refractivity contribution < 1.29 is 12.8 Å². The molecule has 3 nitrogen and oxygen atoms in total. The van der Waals surface area contributed by atoms with Crippen LogP contribution in [0.2, 0.25) is 0 Å². The summed E-state index contributed by atoms with van der Waals surface area (Å²) in [5, 5.41) is 5.21. The second-order valence-corrected chi connectivity index (χ2v) is 10.7. The van der Waals surface area contributed by atoms with Gasteiger partial charge < -0.3 is 0 Å². The Hall–Kier alpha value is -2.15. The lowest BCUT2D eigenvalue weighted by Crippen LogP contribution is -2.28. The molecule has 136 valence electrons. The zero-order valence-corrected chi connectivity index (χ0v) is 15.7. The largest absolute Gasteiger partial charge is 0.235 e. The number of benzene rings is 3. The molecule has 6 heteroatoms. The van der Waals surface area contributed by atoms with E-state index >= 15 is 4.39 Å². The molecule has 3 aromatic carbocycles. The first kappa shape index (κ1) is 18.6. The quantitative estimate of drug-likeness (QED) is 0.672. The highest BCUT2D eigenvalue weighted by Gasteiger charge is 2.41. The zero-order chi connectivity index (χ0) is 18.6. The Morgan fingerprint density at radius 2 is 1.00 bits per heavy atom. The number of alkyl halides is 1. The van der Waals surface area contributed by atoms with Crippen LogP contribution in [-0.4, -0.2) is 19.7 Å². The van der Waals surface area contributed by atoms with Gasteiger partial charge in [0.25, 0.3) is 0 Å². The molecule has 1 unspecified atom stereocenters. The summed E-state index contributed by atoms with van der Waals surface area (Å²) in [4.78, 5) is 2.27. The van der Waals surface area contributed by atoms with E-state index in [-0.39, 0.29) is 0 Å². The molecule has 0 radical (unpaired) electrons. The molecule has 0 bridgehead atoms. The van der Waals surface area contributed by atoms with Gasteiger partial charge in [-0.15, -0.1) is 10.0 Å². The molecule has 0 fully saturated rings. The highest BCUT2D eigenvalue weighted by molar-refractivity contribution is 8.34. The zero-order valence-electron chi connectivity index (χ0n) is 14.0. The predicted octanol–water partition coefficient (Wildman–Crippen LogP) is 4.55. The molecule has 0 aliphatic carbocycles. The second kappa shape index (κ2) is 7.61. The van der Waals surface area contributed by atoms with Gasteiger partial charge in [-0.3, -0.25) is 0 Å². The maximum absolute atomic E-state index is 15.9. The molecule has 3 aromatic rings. The SMILES string of the molecule is NS(=O)(=O)CC(F)S(c1ccccc1)(c1ccccc1)c1ccccc1. The van der Waals surface area contributed by atoms with Crippen LogP contribution < -0.4 is 5.14 Å². The van der Waals surface area contributed by atoms with E-state index in [1.807, 2.05) is 91.0 Å². The fraction of sp³-hybridized carbons (Fsp3) is 0.100. The van der Waals surface area contributed by atoms with Crippen molar-refractivity contribution >= 4 is 20.1 Å². The predicted molar refractivity (Wildman–Crippen MR) is 105 cm³/mol. The topological polar surface area (TPSA) is 60.2 Å². The molecule has 0 heterocycles. The van der Waals surface area contributed by atoms with E-state index < -0.39 is 31.3 Å². The summed E-state index contributed by atoms with van der Waals surface area (Å²) in [7, 11) is -6.45. The average molecular weight is 390 g/mol. The third kappa shape index (κ3) is 3.67. The van der Waals surface area contributed by atoms with Crippen LogP contribution in [0.15, 0.2) is 106 Å². The standard InChI is InChI=1S/C20H20FNO2S2/c21-20(16-25(22,23)24)26(17-10-4-1-5-11-17,18-12-6-2-7-13-18)19-14-8-3-9-15-19/h1-15,20H,16H2,(H2,22,23,24). The number of primary sulfonamides is 1. The molecule has 0 aliphatic rings. The monoisotopic (exact) mass is 389 g/mol. The number of hydrogen-bond acceptors (Lipinski definition) is 2. The van der Waals surface area contributed by atoms with Crippen molar-refractivity contribution in [3.8, 4) is 0 Å². The van der Waals surface area contributed by atoms with E-state index in [9.17, 15) is 8.42 Å². The van der Waals surface area contributed by atoms with Gasteiger partial charge in [-0.2, -0.15) is 0 Å². The number of rotatable bonds is 6. The Kier molecular flexibility index (Phi) is 5.46. The van der Waals surface area contributed by atoms with Crippen molar-refractivity contribution in [3.63, 3.8) is 0 Å². The third-order valence-electron chi connectivity index (χ3n) is 4.09. The Morgan fingerprint density at radius 1 is 0.692 bits per heavy atom. The minimum Gasteiger partial charge on any atom is -0.235 e. The molecule has 2 N–H and O–H groups in total. The van der Waals surface area contributed by atoms with Crippen molar-refractivity contribution in [2.45, 2.75) is 20.2 Å². The summed E-state index contributed by atoms with van der Waals surface area (Å²) in [6.45, 7) is 0. The summed E-state index contributed by atoms with van der Waals surface area (Å²) in [5.74, 6) is -0.735. The van der Waals surface area contributed by atoms with E-state index in [2.05, 4.69) is 0 Å². The maximum atomic E-state index is 15.9. The van der Waals surface area contributed by atoms with E-state index in [0.717, 1.165) is 14.7 Å². The van der Waals surface area contributed by atoms with Crippen LogP contribution in [0.25, 0.3) is 0 Å². The summed E-state index contributed by atoms with van der Waals surface area (Å²) in [5.41, 5.74) is -1.68. The lowest BCUT2D eigenvalue weighted by molar-refractivity contribution is 0.470. The summed E-state index contributed by atoms with van der Waals surface area (Å²) < 4.78 is 39.3. The van der Waals surface area contributed by atoms with Gasteiger partial charge in [-0.05, 0) is 36.4 Å². The van der Waals surface area contributed by atoms with Gasteiger partial charge in [0.15, 0.2) is 5.50 Å². The summed E-state index contributed by atoms with van der Waals surface area (Å²) in [6, 6.07) is 27.7. The highest BCUT2D eigenvalue weighted by Crippen LogP contribution is 2.71. The van der Waals surface area contributed by atoms with Gasteiger partial charge in [-0.25, -0.2) is 17.9 Å². The van der Waals surface area contributed by atoms with Crippen LogP contribution in [0.4, 0.5) is 4.39 Å². The van der Waals surface area contributed by atoms with Gasteiger partial charge in [0, 0.05) is 14.7 Å². The summed E-state index contributed by atoms with van der Waals surface area (Å²) >= 11 is 0. The fourth-order valence-electron chi connectivity index (χ4n) is 3.04. The first-order valence-corrected chi connectivity index (χ1v) is 11.5. The van der Waals surface area contributed by atoms with Crippen molar-refractivity contribution in [3.05, 3.63) is 91.0 Å². The molecule has 0 spiro atoms. The summed E-state index contributed by atoms with van der Waals surface area (Å²) in [6.07, 6.45) is 0. The number of hydrogen-bond donors (Lipinski definition) is 1. The number of nitrogens with two attached hydrogens (primary N) is 1. The third-order valence-corrected chi connectivity index (χ3v) is 9.04. The smallest absolute Gasteiger partial charge is 0.212 e. The molecular weight excluding hydrogens is 369 g/mol. The van der Waals surface area contributed by atoms with Crippen molar-refractivity contribution in [2.24, 2.45) is 5.14 Å². The molecule has 0 amide bonds. The normalized spacial score (nSPS) is 13.9. The first-order chi connectivity index (χ1) is 12.4. The Bertz CT molecular complexity index is 852. The molecule has 0 saturated heterocycles. The van der Waals surface area contributed by atoms with Gasteiger partial charge in [0.1, 0.15) is 5.75 Å². The molecule has 0 saturated carbocycles. The first-order valence-electron chi connectivity index (χ1n) is 8.06. The van der Waals surface area contributed by atoms with Crippen LogP contribution >= 0.6 is 10.0 Å². The van der Waals surface area contributed by atoms with Crippen LogP contribution in [0.1, 0.15) is 0 Å². The molecule has 0 aromatic heterocycles. The highest BCUT2D eigenvalue weighted by atomic mass is 32.3. The number of sulfonamides is 1. The van der Waals surface area contributed by atoms with E-state index in [1.165, 1.54) is 0 Å². The Labute approximate surface area is 155 Å². The minimum absolute atomic E-state index is 0.735. The molecule has 3 rings (SSSR count). The van der Waals surface area contributed by atoms with Crippen LogP contribution in [-0.2, 0) is 10.0 Å². The molecular formula is C20H20FNO2S2. The van der Waals surface area contributed by atoms with E-state index in [4.69, 9.17) is 5.14 Å². The van der Waals surface area contributed by atoms with E-state index in [0.29, 0.717) is 0 Å². The molecule has 0 aliphatic heterocycles.